The molecule has 0 aliphatic carbocycles. The molecule has 0 spiro atoms. The van der Waals surface area contributed by atoms with Crippen molar-refractivity contribution in [1.29, 1.82) is 0 Å². The van der Waals surface area contributed by atoms with Gasteiger partial charge in [0.05, 0.1) is 5.69 Å². The molecule has 1 rings (SSSR count). The molecular weight excluding hydrogens is 283 g/mol. The number of benzene rings is 1. The Balaban J connectivity index is 3.05. The molecule has 0 heterocycles. The van der Waals surface area contributed by atoms with E-state index in [1.165, 1.54) is 0 Å². The van der Waals surface area contributed by atoms with Crippen molar-refractivity contribution in [1.82, 2.24) is 0 Å². The Morgan fingerprint density at radius 1 is 1.50 bits per heavy atom. The average Bonchev–Trinajstić information content (AvgIpc) is 2.09. The lowest BCUT2D eigenvalue weighted by molar-refractivity contribution is 1.29. The van der Waals surface area contributed by atoms with E-state index >= 15 is 0 Å². The fraction of sp³-hybridized carbons (Fsp3) is 0. The normalized spacial score (nSPS) is 10.6. The van der Waals surface area contributed by atoms with Gasteiger partial charge in [-0.1, -0.05) is 28.7 Å². The summed E-state index contributed by atoms with van der Waals surface area (Å²) in [6.45, 7) is 0. The molecule has 12 heavy (non-hydrogen) atoms. The Morgan fingerprint density at radius 2 is 2.25 bits per heavy atom. The van der Waals surface area contributed by atoms with Gasteiger partial charge >= 0.3 is 0 Å². The smallest absolute Gasteiger partial charge is 0.0624 e. The Morgan fingerprint density at radius 3 is 2.83 bits per heavy atom. The maximum Gasteiger partial charge on any atom is 0.0624 e. The number of rotatable bonds is 2. The van der Waals surface area contributed by atoms with Crippen LogP contribution in [0.3, 0.4) is 0 Å². The van der Waals surface area contributed by atoms with Crippen LogP contribution < -0.4 is 11.3 Å². The molecule has 0 atom stereocenters. The van der Waals surface area contributed by atoms with Gasteiger partial charge < -0.3 is 5.43 Å². The summed E-state index contributed by atoms with van der Waals surface area (Å²) in [5, 5.41) is 0. The molecule has 64 valence electrons. The average molecular weight is 292 g/mol. The number of anilines is 1. The first kappa shape index (κ1) is 9.88. The first-order chi connectivity index (χ1) is 5.77. The minimum atomic E-state index is 0.838. The minimum absolute atomic E-state index is 0.838. The van der Waals surface area contributed by atoms with Crippen LogP contribution in [0.2, 0.25) is 0 Å². The molecule has 3 N–H and O–H groups in total. The van der Waals surface area contributed by atoms with E-state index in [0.29, 0.717) is 0 Å². The maximum absolute atomic E-state index is 5.29. The van der Waals surface area contributed by atoms with E-state index in [-0.39, 0.29) is 0 Å². The number of nitrogens with one attached hydrogen (secondary N) is 1. The van der Waals surface area contributed by atoms with Crippen molar-refractivity contribution in [2.75, 3.05) is 5.43 Å². The lowest BCUT2D eigenvalue weighted by atomic mass is 10.2. The van der Waals surface area contributed by atoms with E-state index in [9.17, 15) is 0 Å². The molecule has 0 aliphatic heterocycles. The van der Waals surface area contributed by atoms with Gasteiger partial charge in [0.2, 0.25) is 0 Å². The fourth-order valence-corrected chi connectivity index (χ4v) is 1.46. The fourth-order valence-electron chi connectivity index (χ4n) is 0.846. The zero-order valence-electron chi connectivity index (χ0n) is 6.29. The van der Waals surface area contributed by atoms with Crippen LogP contribution in [0, 0.1) is 0 Å². The summed E-state index contributed by atoms with van der Waals surface area (Å²) < 4.78 is 1.95. The van der Waals surface area contributed by atoms with Gasteiger partial charge in [-0.15, -0.1) is 12.6 Å². The number of hydrogen-bond donors (Lipinski definition) is 3. The molecule has 0 radical (unpaired) electrons. The summed E-state index contributed by atoms with van der Waals surface area (Å²) in [6, 6.07) is 5.83. The molecule has 0 aromatic heterocycles. The lowest BCUT2D eigenvalue weighted by Gasteiger charge is -2.04. The summed E-state index contributed by atoms with van der Waals surface area (Å²) >= 11 is 6.40. The van der Waals surface area contributed by atoms with Gasteiger partial charge in [-0.05, 0) is 27.9 Å². The molecule has 0 fully saturated rings. The SMILES string of the molecule is NNc1cc(/C=C/I)ccc1S. The first-order valence-electron chi connectivity index (χ1n) is 3.34. The largest absolute Gasteiger partial charge is 0.323 e. The topological polar surface area (TPSA) is 38.0 Å². The highest BCUT2D eigenvalue weighted by atomic mass is 127. The predicted octanol–water partition coefficient (Wildman–Crippen LogP) is 2.67. The van der Waals surface area contributed by atoms with Crippen LogP contribution in [-0.4, -0.2) is 0 Å². The number of nitrogens with two attached hydrogens (primary N) is 1. The molecule has 0 saturated heterocycles. The summed E-state index contributed by atoms with van der Waals surface area (Å²) in [5.74, 6) is 5.29. The van der Waals surface area contributed by atoms with Crippen LogP contribution in [0.5, 0.6) is 0 Å². The molecule has 0 bridgehead atoms. The van der Waals surface area contributed by atoms with Crippen molar-refractivity contribution < 1.29 is 0 Å². The third-order valence-corrected chi connectivity index (χ3v) is 2.18. The van der Waals surface area contributed by atoms with Crippen LogP contribution in [0.25, 0.3) is 6.08 Å². The summed E-state index contributed by atoms with van der Waals surface area (Å²) in [5.41, 5.74) is 4.53. The molecule has 1 aromatic rings. The molecule has 1 aromatic carbocycles. The van der Waals surface area contributed by atoms with E-state index in [0.717, 1.165) is 16.1 Å². The van der Waals surface area contributed by atoms with Gasteiger partial charge in [0.25, 0.3) is 0 Å². The van der Waals surface area contributed by atoms with Gasteiger partial charge in [-0.3, -0.25) is 5.84 Å². The number of nitrogen functional groups attached to an aromatic ring is 1. The minimum Gasteiger partial charge on any atom is -0.323 e. The molecule has 0 unspecified atom stereocenters. The number of hydrogen-bond acceptors (Lipinski definition) is 3. The van der Waals surface area contributed by atoms with Crippen molar-refractivity contribution in [3.63, 3.8) is 0 Å². The monoisotopic (exact) mass is 292 g/mol. The first-order valence-corrected chi connectivity index (χ1v) is 5.03. The molecule has 2 nitrogen and oxygen atoms in total. The second-order valence-electron chi connectivity index (χ2n) is 2.21. The Kier molecular flexibility index (Phi) is 3.90. The van der Waals surface area contributed by atoms with Crippen molar-refractivity contribution in [2.24, 2.45) is 5.84 Å². The summed E-state index contributed by atoms with van der Waals surface area (Å²) in [7, 11) is 0. The number of thiol groups is 1. The third-order valence-electron chi connectivity index (χ3n) is 1.43. The highest BCUT2D eigenvalue weighted by Gasteiger charge is 1.96. The van der Waals surface area contributed by atoms with Gasteiger partial charge in [0.15, 0.2) is 0 Å². The highest BCUT2D eigenvalue weighted by molar-refractivity contribution is 14.1. The van der Waals surface area contributed by atoms with Crippen LogP contribution >= 0.6 is 35.2 Å². The maximum atomic E-state index is 5.29. The second kappa shape index (κ2) is 4.74. The predicted molar refractivity (Wildman–Crippen MR) is 64.6 cm³/mol. The Labute approximate surface area is 90.7 Å². The van der Waals surface area contributed by atoms with Crippen LogP contribution in [0.4, 0.5) is 5.69 Å². The van der Waals surface area contributed by atoms with E-state index < -0.39 is 0 Å². The number of hydrazine groups is 1. The standard InChI is InChI=1S/C8H9IN2S/c9-4-3-6-1-2-8(12)7(5-6)11-10/h1-5,11-12H,10H2/b4-3+. The quantitative estimate of drug-likeness (QED) is 0.339. The van der Waals surface area contributed by atoms with Crippen LogP contribution in [0.1, 0.15) is 5.56 Å². The zero-order valence-corrected chi connectivity index (χ0v) is 9.34. The Hall–Kier alpha value is -0.200. The van der Waals surface area contributed by atoms with Crippen molar-refractivity contribution in [2.45, 2.75) is 4.90 Å². The molecule has 0 amide bonds. The number of halogens is 1. The van der Waals surface area contributed by atoms with E-state index in [1.54, 1.807) is 0 Å². The van der Waals surface area contributed by atoms with Crippen LogP contribution in [-0.2, 0) is 0 Å². The third kappa shape index (κ3) is 2.40. The molecule has 0 saturated carbocycles. The van der Waals surface area contributed by atoms with Crippen molar-refractivity contribution in [3.8, 4) is 0 Å². The van der Waals surface area contributed by atoms with Crippen molar-refractivity contribution >= 4 is 47.0 Å². The van der Waals surface area contributed by atoms with Crippen LogP contribution in [0.15, 0.2) is 27.2 Å². The van der Waals surface area contributed by atoms with Gasteiger partial charge in [0.1, 0.15) is 0 Å². The summed E-state index contributed by atoms with van der Waals surface area (Å²) in [4.78, 5) is 0.850. The van der Waals surface area contributed by atoms with E-state index in [1.807, 2.05) is 28.4 Å². The van der Waals surface area contributed by atoms with Gasteiger partial charge in [-0.25, -0.2) is 0 Å². The van der Waals surface area contributed by atoms with E-state index in [4.69, 9.17) is 5.84 Å². The van der Waals surface area contributed by atoms with Gasteiger partial charge in [-0.2, -0.15) is 0 Å². The molecular formula is C8H9IN2S. The lowest BCUT2D eigenvalue weighted by Crippen LogP contribution is -2.07. The Bertz CT molecular complexity index is 299. The van der Waals surface area contributed by atoms with Crippen molar-refractivity contribution in [3.05, 3.63) is 27.8 Å². The van der Waals surface area contributed by atoms with Gasteiger partial charge in [0, 0.05) is 4.90 Å². The van der Waals surface area contributed by atoms with E-state index in [2.05, 4.69) is 40.6 Å². The highest BCUT2D eigenvalue weighted by Crippen LogP contribution is 2.20. The zero-order chi connectivity index (χ0) is 8.97. The summed E-state index contributed by atoms with van der Waals surface area (Å²) in [6.07, 6.45) is 1.99. The molecule has 0 aliphatic rings. The second-order valence-corrected chi connectivity index (χ2v) is 3.41. The molecule has 4 heteroatoms.